The molecule has 3 aromatic carbocycles. The Bertz CT molecular complexity index is 1240. The number of sulfone groups is 1. The van der Waals surface area contributed by atoms with Crippen molar-refractivity contribution in [1.29, 1.82) is 0 Å². The summed E-state index contributed by atoms with van der Waals surface area (Å²) in [6.45, 7) is 1.35. The van der Waals surface area contributed by atoms with Gasteiger partial charge in [0.25, 0.3) is 0 Å². The maximum absolute atomic E-state index is 13.3. The van der Waals surface area contributed by atoms with Crippen LogP contribution in [0.4, 0.5) is 11.4 Å². The smallest absolute Gasteiger partial charge is 0.229 e. The van der Waals surface area contributed by atoms with Gasteiger partial charge in [0.1, 0.15) is 5.75 Å². The summed E-state index contributed by atoms with van der Waals surface area (Å²) in [7, 11) is -2.75. The number of amides is 1. The number of rotatable bonds is 7. The van der Waals surface area contributed by atoms with Crippen molar-refractivity contribution in [2.75, 3.05) is 17.9 Å². The predicted molar refractivity (Wildman–Crippen MR) is 123 cm³/mol. The van der Waals surface area contributed by atoms with E-state index in [0.29, 0.717) is 17.1 Å². The zero-order valence-electron chi connectivity index (χ0n) is 17.4. The molecule has 0 aliphatic rings. The van der Waals surface area contributed by atoms with E-state index in [9.17, 15) is 18.0 Å². The highest BCUT2D eigenvalue weighted by Gasteiger charge is 2.30. The molecule has 8 nitrogen and oxygen atoms in total. The molecule has 0 saturated carbocycles. The molecule has 0 radical (unpaired) electrons. The molecule has 0 bridgehead atoms. The molecular formula is C23H21N3O5S. The molecule has 0 spiro atoms. The van der Waals surface area contributed by atoms with E-state index < -0.39 is 20.7 Å². The first-order valence-electron chi connectivity index (χ1n) is 9.51. The first-order valence-corrected chi connectivity index (χ1v) is 11.0. The normalized spacial score (nSPS) is 11.5. The number of nitrogens with zero attached hydrogens (tertiary/aromatic N) is 1. The topological polar surface area (TPSA) is 114 Å². The lowest BCUT2D eigenvalue weighted by molar-refractivity contribution is -0.114. The fourth-order valence-corrected chi connectivity index (χ4v) is 4.00. The van der Waals surface area contributed by atoms with Crippen LogP contribution in [0.2, 0.25) is 0 Å². The summed E-state index contributed by atoms with van der Waals surface area (Å²) in [4.78, 5) is 24.1. The van der Waals surface area contributed by atoms with Crippen LogP contribution in [0.25, 0.3) is 0 Å². The highest BCUT2D eigenvalue weighted by atomic mass is 32.2. The molecule has 2 N–H and O–H groups in total. The predicted octanol–water partition coefficient (Wildman–Crippen LogP) is 3.74. The lowest BCUT2D eigenvalue weighted by atomic mass is 10.1. The van der Waals surface area contributed by atoms with Crippen LogP contribution in [-0.4, -0.2) is 32.3 Å². The zero-order valence-corrected chi connectivity index (χ0v) is 18.2. The number of carbonyl (C=O) groups excluding carboxylic acids is 2. The van der Waals surface area contributed by atoms with Gasteiger partial charge in [-0.3, -0.25) is 15.0 Å². The summed E-state index contributed by atoms with van der Waals surface area (Å²) in [5, 5.41) is 5.87. The molecule has 0 atom stereocenters. The molecule has 0 unspecified atom stereocenters. The van der Waals surface area contributed by atoms with Gasteiger partial charge in [0.2, 0.25) is 26.6 Å². The van der Waals surface area contributed by atoms with E-state index in [2.05, 4.69) is 15.8 Å². The van der Waals surface area contributed by atoms with Crippen LogP contribution < -0.4 is 15.5 Å². The van der Waals surface area contributed by atoms with Crippen LogP contribution >= 0.6 is 0 Å². The lowest BCUT2D eigenvalue weighted by Crippen LogP contribution is -2.26. The van der Waals surface area contributed by atoms with Crippen molar-refractivity contribution in [1.82, 2.24) is 0 Å². The molecule has 0 fully saturated rings. The van der Waals surface area contributed by atoms with Crippen LogP contribution in [0.1, 0.15) is 17.3 Å². The highest BCUT2D eigenvalue weighted by molar-refractivity contribution is 8.08. The van der Waals surface area contributed by atoms with E-state index in [1.165, 1.54) is 50.4 Å². The van der Waals surface area contributed by atoms with Gasteiger partial charge in [-0.2, -0.15) is 5.10 Å². The van der Waals surface area contributed by atoms with Crippen molar-refractivity contribution in [3.8, 4) is 5.75 Å². The Morgan fingerprint density at radius 2 is 1.44 bits per heavy atom. The van der Waals surface area contributed by atoms with Gasteiger partial charge in [0.15, 0.2) is 0 Å². The van der Waals surface area contributed by atoms with Gasteiger partial charge in [-0.15, -0.1) is 0 Å². The third-order valence-corrected chi connectivity index (χ3v) is 6.02. The summed E-state index contributed by atoms with van der Waals surface area (Å²) in [6.07, 6.45) is 0. The molecule has 32 heavy (non-hydrogen) atoms. The Morgan fingerprint density at radius 1 is 0.844 bits per heavy atom. The minimum Gasteiger partial charge on any atom is -0.497 e. The lowest BCUT2D eigenvalue weighted by Gasteiger charge is -2.10. The minimum absolute atomic E-state index is 0.133. The Hall–Kier alpha value is -3.98. The van der Waals surface area contributed by atoms with Gasteiger partial charge in [0.05, 0.1) is 17.7 Å². The molecule has 3 aromatic rings. The van der Waals surface area contributed by atoms with Crippen LogP contribution in [0.5, 0.6) is 5.75 Å². The van der Waals surface area contributed by atoms with E-state index in [1.807, 2.05) is 0 Å². The minimum atomic E-state index is -4.28. The number of carbonyl (C=O) groups is 2. The highest BCUT2D eigenvalue weighted by Crippen LogP contribution is 2.20. The van der Waals surface area contributed by atoms with Gasteiger partial charge in [-0.1, -0.05) is 30.3 Å². The first-order chi connectivity index (χ1) is 15.3. The van der Waals surface area contributed by atoms with Crippen molar-refractivity contribution >= 4 is 37.9 Å². The average molecular weight is 452 g/mol. The largest absolute Gasteiger partial charge is 0.497 e. The number of hydrazone groups is 1. The van der Waals surface area contributed by atoms with E-state index in [4.69, 9.17) is 4.74 Å². The molecule has 0 saturated heterocycles. The second-order valence-corrected chi connectivity index (χ2v) is 8.53. The Balaban J connectivity index is 2.00. The summed E-state index contributed by atoms with van der Waals surface area (Å²) in [6, 6.07) is 20.1. The van der Waals surface area contributed by atoms with E-state index >= 15 is 0 Å². The summed E-state index contributed by atoms with van der Waals surface area (Å²) < 4.78 is 31.7. The third kappa shape index (κ3) is 5.38. The molecule has 0 aromatic heterocycles. The molecule has 3 rings (SSSR count). The number of hydrogen-bond donors (Lipinski definition) is 2. The number of ketones is 1. The number of Topliss-reactive ketones (excluding diaryl/α,β-unsaturated/α-hetero) is 1. The molecule has 1 amide bonds. The summed E-state index contributed by atoms with van der Waals surface area (Å²) >= 11 is 0. The number of hydrogen-bond acceptors (Lipinski definition) is 7. The maximum atomic E-state index is 13.3. The average Bonchev–Trinajstić information content (AvgIpc) is 2.80. The number of anilines is 2. The molecule has 0 aliphatic heterocycles. The SMILES string of the molecule is COc1ccc(N/N=C(\C(=O)c2ccccc2)S(=O)(=O)c2ccc(NC(C)=O)cc2)cc1. The second kappa shape index (κ2) is 9.88. The van der Waals surface area contributed by atoms with Crippen molar-refractivity contribution in [2.24, 2.45) is 5.10 Å². The number of nitrogens with one attached hydrogen (secondary N) is 2. The molecule has 9 heteroatoms. The monoisotopic (exact) mass is 451 g/mol. The van der Waals surface area contributed by atoms with Gasteiger partial charge in [-0.05, 0) is 48.5 Å². The summed E-state index contributed by atoms with van der Waals surface area (Å²) in [5.41, 5.74) is 3.72. The Labute approximate surface area is 185 Å². The van der Waals surface area contributed by atoms with Crippen LogP contribution in [0.3, 0.4) is 0 Å². The number of methoxy groups -OCH3 is 1. The van der Waals surface area contributed by atoms with Gasteiger partial charge >= 0.3 is 0 Å². The number of ether oxygens (including phenoxy) is 1. The van der Waals surface area contributed by atoms with Crippen molar-refractivity contribution in [2.45, 2.75) is 11.8 Å². The fourth-order valence-electron chi connectivity index (χ4n) is 2.76. The third-order valence-electron chi connectivity index (χ3n) is 4.35. The number of benzene rings is 3. The van der Waals surface area contributed by atoms with Crippen molar-refractivity contribution < 1.29 is 22.7 Å². The standard InChI is InChI=1S/C23H21N3O5S/c1-16(27)24-18-10-14-21(15-11-18)32(29,30)23(22(28)17-6-4-3-5-7-17)26-25-19-8-12-20(31-2)13-9-19/h3-15,25H,1-2H3,(H,24,27)/b26-23+. The van der Waals surface area contributed by atoms with E-state index in [1.54, 1.807) is 42.5 Å². The van der Waals surface area contributed by atoms with E-state index in [0.717, 1.165) is 0 Å². The zero-order chi connectivity index (χ0) is 23.1. The molecular weight excluding hydrogens is 430 g/mol. The Morgan fingerprint density at radius 3 is 2.00 bits per heavy atom. The maximum Gasteiger partial charge on any atom is 0.229 e. The van der Waals surface area contributed by atoms with E-state index in [-0.39, 0.29) is 16.4 Å². The fraction of sp³-hybridized carbons (Fsp3) is 0.0870. The molecule has 164 valence electrons. The van der Waals surface area contributed by atoms with Crippen LogP contribution in [0, 0.1) is 0 Å². The summed E-state index contributed by atoms with van der Waals surface area (Å²) in [5.74, 6) is -0.421. The van der Waals surface area contributed by atoms with Gasteiger partial charge in [0, 0.05) is 18.2 Å². The molecule has 0 aliphatic carbocycles. The molecule has 0 heterocycles. The Kier molecular flexibility index (Phi) is 7.01. The second-order valence-electron chi connectivity index (χ2n) is 6.66. The first kappa shape index (κ1) is 22.7. The van der Waals surface area contributed by atoms with Crippen LogP contribution in [0.15, 0.2) is 88.9 Å². The van der Waals surface area contributed by atoms with Gasteiger partial charge in [-0.25, -0.2) is 8.42 Å². The van der Waals surface area contributed by atoms with Crippen molar-refractivity contribution in [3.05, 3.63) is 84.4 Å². The van der Waals surface area contributed by atoms with Crippen molar-refractivity contribution in [3.63, 3.8) is 0 Å². The van der Waals surface area contributed by atoms with Crippen LogP contribution in [-0.2, 0) is 14.6 Å². The quantitative estimate of drug-likeness (QED) is 0.245. The van der Waals surface area contributed by atoms with Gasteiger partial charge < -0.3 is 10.1 Å².